The van der Waals surface area contributed by atoms with E-state index in [1.54, 1.807) is 26.0 Å². The minimum atomic E-state index is -3.94. The lowest BCUT2D eigenvalue weighted by Gasteiger charge is -2.21. The zero-order chi connectivity index (χ0) is 21.6. The zero-order valence-corrected chi connectivity index (χ0v) is 18.6. The molecule has 2 rings (SSSR count). The summed E-state index contributed by atoms with van der Waals surface area (Å²) in [5.41, 5.74) is 0.350. The summed E-state index contributed by atoms with van der Waals surface area (Å²) >= 11 is 12.1. The lowest BCUT2D eigenvalue weighted by Crippen LogP contribution is -2.37. The van der Waals surface area contributed by atoms with Crippen molar-refractivity contribution in [2.24, 2.45) is 0 Å². The second-order valence-electron chi connectivity index (χ2n) is 5.85. The molecule has 0 atom stereocenters. The van der Waals surface area contributed by atoms with Crippen LogP contribution in [0.25, 0.3) is 0 Å². The Bertz CT molecular complexity index is 983. The van der Waals surface area contributed by atoms with Crippen LogP contribution in [0.1, 0.15) is 13.8 Å². The van der Waals surface area contributed by atoms with Crippen molar-refractivity contribution >= 4 is 44.8 Å². The van der Waals surface area contributed by atoms with Crippen molar-refractivity contribution < 1.29 is 22.7 Å². The van der Waals surface area contributed by atoms with Gasteiger partial charge in [0, 0.05) is 11.6 Å². The van der Waals surface area contributed by atoms with E-state index in [4.69, 9.17) is 32.7 Å². The lowest BCUT2D eigenvalue weighted by atomic mass is 10.3. The van der Waals surface area contributed by atoms with Crippen molar-refractivity contribution in [1.82, 2.24) is 4.31 Å². The minimum absolute atomic E-state index is 0.0269. The van der Waals surface area contributed by atoms with Crippen LogP contribution in [-0.4, -0.2) is 45.4 Å². The third-order valence-corrected chi connectivity index (χ3v) is 6.40. The Kier molecular flexibility index (Phi) is 8.15. The highest BCUT2D eigenvalue weighted by Gasteiger charge is 2.26. The maximum atomic E-state index is 13.0. The molecule has 2 aromatic carbocycles. The molecule has 0 aliphatic rings. The minimum Gasteiger partial charge on any atom is -0.495 e. The molecule has 1 N–H and O–H groups in total. The van der Waals surface area contributed by atoms with Crippen LogP contribution in [0.5, 0.6) is 11.5 Å². The average molecular weight is 461 g/mol. The Morgan fingerprint density at radius 2 is 1.79 bits per heavy atom. The van der Waals surface area contributed by atoms with Crippen LogP contribution in [0.4, 0.5) is 5.69 Å². The predicted molar refractivity (Wildman–Crippen MR) is 114 cm³/mol. The summed E-state index contributed by atoms with van der Waals surface area (Å²) in [5, 5.41) is 3.21. The van der Waals surface area contributed by atoms with Gasteiger partial charge in [0.15, 0.2) is 0 Å². The van der Waals surface area contributed by atoms with Gasteiger partial charge in [0.25, 0.3) is 0 Å². The molecule has 1 amide bonds. The van der Waals surface area contributed by atoms with E-state index in [1.165, 1.54) is 31.4 Å². The van der Waals surface area contributed by atoms with Crippen molar-refractivity contribution in [3.8, 4) is 11.5 Å². The molecule has 158 valence electrons. The molecule has 0 fully saturated rings. The molecule has 7 nitrogen and oxygen atoms in total. The molecule has 0 unspecified atom stereocenters. The predicted octanol–water partition coefficient (Wildman–Crippen LogP) is 4.05. The summed E-state index contributed by atoms with van der Waals surface area (Å²) in [5.74, 6) is 0.266. The fourth-order valence-corrected chi connectivity index (χ4v) is 4.46. The Hall–Kier alpha value is -2.00. The van der Waals surface area contributed by atoms with Crippen LogP contribution in [-0.2, 0) is 14.8 Å². The number of carbonyl (C=O) groups is 1. The van der Waals surface area contributed by atoms with Gasteiger partial charge < -0.3 is 14.8 Å². The highest BCUT2D eigenvalue weighted by atomic mass is 35.5. The van der Waals surface area contributed by atoms with Crippen LogP contribution in [0, 0.1) is 0 Å². The Morgan fingerprint density at radius 1 is 1.10 bits per heavy atom. The van der Waals surface area contributed by atoms with Gasteiger partial charge >= 0.3 is 0 Å². The largest absolute Gasteiger partial charge is 0.495 e. The maximum Gasteiger partial charge on any atom is 0.243 e. The second-order valence-corrected chi connectivity index (χ2v) is 8.63. The molecule has 0 spiro atoms. The summed E-state index contributed by atoms with van der Waals surface area (Å²) in [6.07, 6.45) is 0. The molecule has 0 heterocycles. The van der Waals surface area contributed by atoms with Gasteiger partial charge in [-0.1, -0.05) is 30.1 Å². The molecular weight excluding hydrogens is 439 g/mol. The monoisotopic (exact) mass is 460 g/mol. The van der Waals surface area contributed by atoms with E-state index in [9.17, 15) is 13.2 Å². The van der Waals surface area contributed by atoms with Gasteiger partial charge in [0.1, 0.15) is 11.5 Å². The number of hydrogen-bond donors (Lipinski definition) is 1. The van der Waals surface area contributed by atoms with Gasteiger partial charge in [-0.05, 0) is 43.3 Å². The van der Waals surface area contributed by atoms with Crippen molar-refractivity contribution in [3.63, 3.8) is 0 Å². The van der Waals surface area contributed by atoms with Crippen LogP contribution < -0.4 is 14.8 Å². The smallest absolute Gasteiger partial charge is 0.243 e. The SMILES string of the molecule is CCOc1ccc(S(=O)(=O)N(CC)CC(=O)Nc2cc(Cl)ccc2OC)cc1Cl. The molecule has 2 aromatic rings. The molecule has 0 aliphatic heterocycles. The van der Waals surface area contributed by atoms with Gasteiger partial charge in [0.05, 0.1) is 35.9 Å². The zero-order valence-electron chi connectivity index (χ0n) is 16.2. The Balaban J connectivity index is 2.21. The van der Waals surface area contributed by atoms with Crippen molar-refractivity contribution in [3.05, 3.63) is 46.4 Å². The molecule has 0 bridgehead atoms. The van der Waals surface area contributed by atoms with Crippen molar-refractivity contribution in [2.75, 3.05) is 32.1 Å². The van der Waals surface area contributed by atoms with E-state index in [0.717, 1.165) is 4.31 Å². The number of methoxy groups -OCH3 is 1. The number of nitrogens with one attached hydrogen (secondary N) is 1. The average Bonchev–Trinajstić information content (AvgIpc) is 2.67. The van der Waals surface area contributed by atoms with Crippen LogP contribution in [0.3, 0.4) is 0 Å². The molecule has 10 heteroatoms. The normalized spacial score (nSPS) is 11.4. The number of anilines is 1. The first kappa shape index (κ1) is 23.3. The standard InChI is InChI=1S/C19H22Cl2N2O5S/c1-4-23(12-19(24)22-16-10-13(20)6-8-18(16)27-3)29(25,26)14-7-9-17(28-5-2)15(21)11-14/h6-11H,4-5,12H2,1-3H3,(H,22,24). The third-order valence-electron chi connectivity index (χ3n) is 3.95. The number of ether oxygens (including phenoxy) is 2. The van der Waals surface area contributed by atoms with Crippen LogP contribution >= 0.6 is 23.2 Å². The van der Waals surface area contributed by atoms with Gasteiger partial charge in [-0.3, -0.25) is 4.79 Å². The number of nitrogens with zero attached hydrogens (tertiary/aromatic N) is 1. The van der Waals surface area contributed by atoms with Gasteiger partial charge in [-0.2, -0.15) is 4.31 Å². The van der Waals surface area contributed by atoms with Crippen molar-refractivity contribution in [2.45, 2.75) is 18.7 Å². The first-order chi connectivity index (χ1) is 13.7. The summed E-state index contributed by atoms with van der Waals surface area (Å²) < 4.78 is 37.5. The Morgan fingerprint density at radius 3 is 2.38 bits per heavy atom. The molecule has 0 saturated carbocycles. The van der Waals surface area contributed by atoms with E-state index in [-0.39, 0.29) is 23.0 Å². The highest BCUT2D eigenvalue weighted by molar-refractivity contribution is 7.89. The molecule has 0 aliphatic carbocycles. The number of rotatable bonds is 9. The summed E-state index contributed by atoms with van der Waals surface area (Å²) in [6, 6.07) is 8.94. The third kappa shape index (κ3) is 5.76. The fourth-order valence-electron chi connectivity index (χ4n) is 2.56. The molecule has 0 radical (unpaired) electrons. The molecule has 0 saturated heterocycles. The number of carbonyl (C=O) groups excluding carboxylic acids is 1. The van der Waals surface area contributed by atoms with E-state index in [0.29, 0.717) is 28.8 Å². The van der Waals surface area contributed by atoms with E-state index < -0.39 is 15.9 Å². The van der Waals surface area contributed by atoms with E-state index >= 15 is 0 Å². The number of benzene rings is 2. The summed E-state index contributed by atoms with van der Waals surface area (Å²) in [7, 11) is -2.49. The summed E-state index contributed by atoms with van der Waals surface area (Å²) in [4.78, 5) is 12.5. The van der Waals surface area contributed by atoms with E-state index in [2.05, 4.69) is 5.32 Å². The summed E-state index contributed by atoms with van der Waals surface area (Å²) in [6.45, 7) is 3.54. The number of hydrogen-bond acceptors (Lipinski definition) is 5. The number of sulfonamides is 1. The molecule has 0 aromatic heterocycles. The van der Waals surface area contributed by atoms with E-state index in [1.807, 2.05) is 0 Å². The fraction of sp³-hybridized carbons (Fsp3) is 0.316. The Labute approximate surface area is 180 Å². The van der Waals surface area contributed by atoms with Gasteiger partial charge in [-0.25, -0.2) is 8.42 Å². The van der Waals surface area contributed by atoms with Gasteiger partial charge in [0.2, 0.25) is 15.9 Å². The number of likely N-dealkylation sites (N-methyl/N-ethyl adjacent to an activating group) is 1. The first-order valence-corrected chi connectivity index (χ1v) is 11.0. The van der Waals surface area contributed by atoms with Crippen LogP contribution in [0.15, 0.2) is 41.3 Å². The van der Waals surface area contributed by atoms with Crippen LogP contribution in [0.2, 0.25) is 10.0 Å². The number of amides is 1. The molecule has 29 heavy (non-hydrogen) atoms. The topological polar surface area (TPSA) is 84.9 Å². The molecular formula is C19H22Cl2N2O5S. The van der Waals surface area contributed by atoms with Gasteiger partial charge in [-0.15, -0.1) is 0 Å². The number of halogens is 2. The first-order valence-electron chi connectivity index (χ1n) is 8.78. The quantitative estimate of drug-likeness (QED) is 0.609. The van der Waals surface area contributed by atoms with Crippen molar-refractivity contribution in [1.29, 1.82) is 0 Å². The highest BCUT2D eigenvalue weighted by Crippen LogP contribution is 2.30. The lowest BCUT2D eigenvalue weighted by molar-refractivity contribution is -0.116. The maximum absolute atomic E-state index is 13.0. The second kappa shape index (κ2) is 10.2.